The van der Waals surface area contributed by atoms with Crippen LogP contribution in [0.25, 0.3) is 0 Å². The van der Waals surface area contributed by atoms with Crippen molar-refractivity contribution in [1.29, 1.82) is 0 Å². The van der Waals surface area contributed by atoms with Crippen LogP contribution in [-0.2, 0) is 5.33 Å². The molecule has 15 heavy (non-hydrogen) atoms. The minimum absolute atomic E-state index is 0.228. The number of hydrogen-bond donors (Lipinski definition) is 0. The lowest BCUT2D eigenvalue weighted by molar-refractivity contribution is 0.390. The van der Waals surface area contributed by atoms with Gasteiger partial charge in [0, 0.05) is 17.9 Å². The van der Waals surface area contributed by atoms with E-state index in [0.717, 1.165) is 5.69 Å². The predicted molar refractivity (Wildman–Crippen MR) is 59.0 cm³/mol. The molecule has 0 radical (unpaired) electrons. The molecule has 4 nitrogen and oxygen atoms in total. The Morgan fingerprint density at radius 2 is 2.27 bits per heavy atom. The van der Waals surface area contributed by atoms with Gasteiger partial charge in [0.2, 0.25) is 0 Å². The molecule has 0 unspecified atom stereocenters. The summed E-state index contributed by atoms with van der Waals surface area (Å²) in [6.07, 6.45) is 0. The largest absolute Gasteiger partial charge is 0.258 e. The van der Waals surface area contributed by atoms with E-state index in [9.17, 15) is 4.39 Å². The van der Waals surface area contributed by atoms with Gasteiger partial charge in [0.15, 0.2) is 0 Å². The molecule has 0 aromatic heterocycles. The Labute approximate surface area is 95.5 Å². The molecular formula is C9H10BrFN4. The van der Waals surface area contributed by atoms with Crippen LogP contribution in [0.5, 0.6) is 0 Å². The molecule has 80 valence electrons. The van der Waals surface area contributed by atoms with Gasteiger partial charge in [-0.15, -0.1) is 0 Å². The van der Waals surface area contributed by atoms with Crippen LogP contribution < -0.4 is 5.01 Å². The second kappa shape index (κ2) is 4.14. The minimum atomic E-state index is -0.228. The SMILES string of the molecule is CN1CN(c2cccc(F)c2CBr)N=N1. The van der Waals surface area contributed by atoms with Gasteiger partial charge >= 0.3 is 0 Å². The summed E-state index contributed by atoms with van der Waals surface area (Å²) in [5, 5.41) is 11.6. The maximum absolute atomic E-state index is 13.5. The summed E-state index contributed by atoms with van der Waals surface area (Å²) >= 11 is 3.27. The summed E-state index contributed by atoms with van der Waals surface area (Å²) in [4.78, 5) is 0. The van der Waals surface area contributed by atoms with E-state index in [0.29, 0.717) is 17.6 Å². The van der Waals surface area contributed by atoms with Crippen LogP contribution in [0.3, 0.4) is 0 Å². The second-order valence-corrected chi connectivity index (χ2v) is 3.81. The van der Waals surface area contributed by atoms with E-state index in [-0.39, 0.29) is 5.82 Å². The minimum Gasteiger partial charge on any atom is -0.258 e. The molecule has 0 N–H and O–H groups in total. The number of alkyl halides is 1. The van der Waals surface area contributed by atoms with Gasteiger partial charge < -0.3 is 0 Å². The van der Waals surface area contributed by atoms with Crippen molar-refractivity contribution in [2.24, 2.45) is 10.4 Å². The van der Waals surface area contributed by atoms with E-state index in [1.54, 1.807) is 16.1 Å². The Balaban J connectivity index is 2.36. The molecule has 0 saturated carbocycles. The molecule has 0 spiro atoms. The van der Waals surface area contributed by atoms with Crippen molar-refractivity contribution in [3.05, 3.63) is 29.6 Å². The molecule has 1 aliphatic rings. The quantitative estimate of drug-likeness (QED) is 0.776. The Bertz CT molecular complexity index is 396. The topological polar surface area (TPSA) is 31.2 Å². The molecule has 2 rings (SSSR count). The maximum atomic E-state index is 13.5. The fourth-order valence-electron chi connectivity index (χ4n) is 1.41. The first-order valence-electron chi connectivity index (χ1n) is 4.46. The Morgan fingerprint density at radius 1 is 1.47 bits per heavy atom. The molecule has 1 aromatic rings. The second-order valence-electron chi connectivity index (χ2n) is 3.25. The first kappa shape index (κ1) is 10.4. The zero-order valence-corrected chi connectivity index (χ0v) is 9.78. The average molecular weight is 273 g/mol. The van der Waals surface area contributed by atoms with Crippen LogP contribution in [0, 0.1) is 5.82 Å². The lowest BCUT2D eigenvalue weighted by atomic mass is 10.2. The van der Waals surface area contributed by atoms with E-state index in [1.165, 1.54) is 6.07 Å². The van der Waals surface area contributed by atoms with Crippen LogP contribution in [0.15, 0.2) is 28.6 Å². The van der Waals surface area contributed by atoms with Crippen LogP contribution in [0.2, 0.25) is 0 Å². The van der Waals surface area contributed by atoms with E-state index in [4.69, 9.17) is 0 Å². The predicted octanol–water partition coefficient (Wildman–Crippen LogP) is 2.71. The summed E-state index contributed by atoms with van der Waals surface area (Å²) in [6, 6.07) is 4.94. The summed E-state index contributed by atoms with van der Waals surface area (Å²) in [5.41, 5.74) is 1.35. The van der Waals surface area contributed by atoms with Crippen molar-refractivity contribution < 1.29 is 4.39 Å². The highest BCUT2D eigenvalue weighted by atomic mass is 79.9. The van der Waals surface area contributed by atoms with E-state index >= 15 is 0 Å². The van der Waals surface area contributed by atoms with E-state index in [1.807, 2.05) is 13.1 Å². The van der Waals surface area contributed by atoms with Gasteiger partial charge in [0.05, 0.1) is 5.69 Å². The molecule has 0 bridgehead atoms. The molecule has 0 fully saturated rings. The van der Waals surface area contributed by atoms with Crippen molar-refractivity contribution >= 4 is 21.6 Å². The zero-order chi connectivity index (χ0) is 10.8. The summed E-state index contributed by atoms with van der Waals surface area (Å²) in [6.45, 7) is 0.545. The Hall–Kier alpha value is -1.17. The van der Waals surface area contributed by atoms with Crippen molar-refractivity contribution in [2.75, 3.05) is 18.7 Å². The third-order valence-corrected chi connectivity index (χ3v) is 2.71. The van der Waals surface area contributed by atoms with Gasteiger partial charge in [0.25, 0.3) is 0 Å². The van der Waals surface area contributed by atoms with Gasteiger partial charge in [-0.25, -0.2) is 9.40 Å². The third-order valence-electron chi connectivity index (χ3n) is 2.15. The van der Waals surface area contributed by atoms with Crippen LogP contribution >= 0.6 is 15.9 Å². The zero-order valence-electron chi connectivity index (χ0n) is 8.19. The lowest BCUT2D eigenvalue weighted by Crippen LogP contribution is -2.22. The van der Waals surface area contributed by atoms with Crippen LogP contribution in [-0.4, -0.2) is 18.7 Å². The highest BCUT2D eigenvalue weighted by molar-refractivity contribution is 9.08. The molecule has 6 heteroatoms. The van der Waals surface area contributed by atoms with Gasteiger partial charge in [0.1, 0.15) is 12.5 Å². The standard InChI is InChI=1S/C9H10BrFN4/c1-14-6-15(13-12-14)9-4-2-3-8(11)7(9)5-10/h2-4H,5-6H2,1H3. The maximum Gasteiger partial charge on any atom is 0.132 e. The van der Waals surface area contributed by atoms with Gasteiger partial charge in [-0.3, -0.25) is 5.01 Å². The van der Waals surface area contributed by atoms with Crippen molar-refractivity contribution in [3.8, 4) is 0 Å². The molecule has 0 atom stereocenters. The first-order chi connectivity index (χ1) is 7.22. The lowest BCUT2D eigenvalue weighted by Gasteiger charge is -2.16. The first-order valence-corrected chi connectivity index (χ1v) is 5.58. The van der Waals surface area contributed by atoms with Gasteiger partial charge in [-0.1, -0.05) is 27.2 Å². The molecule has 0 amide bonds. The smallest absolute Gasteiger partial charge is 0.132 e. The van der Waals surface area contributed by atoms with E-state index < -0.39 is 0 Å². The fourth-order valence-corrected chi connectivity index (χ4v) is 1.97. The van der Waals surface area contributed by atoms with Crippen molar-refractivity contribution in [2.45, 2.75) is 5.33 Å². The fraction of sp³-hybridized carbons (Fsp3) is 0.333. The highest BCUT2D eigenvalue weighted by Gasteiger charge is 2.18. The van der Waals surface area contributed by atoms with Crippen molar-refractivity contribution in [1.82, 2.24) is 5.01 Å². The molecule has 1 heterocycles. The number of anilines is 1. The number of rotatable bonds is 2. The number of halogens is 2. The molecule has 0 saturated heterocycles. The average Bonchev–Trinajstić information content (AvgIpc) is 2.64. The van der Waals surface area contributed by atoms with E-state index in [2.05, 4.69) is 26.4 Å². The van der Waals surface area contributed by atoms with Gasteiger partial charge in [-0.2, -0.15) is 0 Å². The van der Waals surface area contributed by atoms with Crippen LogP contribution in [0.4, 0.5) is 10.1 Å². The van der Waals surface area contributed by atoms with Gasteiger partial charge in [-0.05, 0) is 17.4 Å². The highest BCUT2D eigenvalue weighted by Crippen LogP contribution is 2.27. The normalized spacial score (nSPS) is 15.1. The Kier molecular flexibility index (Phi) is 2.86. The summed E-state index contributed by atoms with van der Waals surface area (Å²) < 4.78 is 13.5. The molecule has 0 aliphatic carbocycles. The monoisotopic (exact) mass is 272 g/mol. The number of benzene rings is 1. The molecular weight excluding hydrogens is 263 g/mol. The Morgan fingerprint density at radius 3 is 2.87 bits per heavy atom. The molecule has 1 aliphatic heterocycles. The molecule has 1 aromatic carbocycles. The number of nitrogens with zero attached hydrogens (tertiary/aromatic N) is 4. The van der Waals surface area contributed by atoms with Crippen molar-refractivity contribution in [3.63, 3.8) is 0 Å². The third kappa shape index (κ3) is 1.94. The summed E-state index contributed by atoms with van der Waals surface area (Å²) in [7, 11) is 1.82. The van der Waals surface area contributed by atoms with Crippen LogP contribution in [0.1, 0.15) is 5.56 Å². The number of hydrogen-bond acceptors (Lipinski definition) is 4. The summed E-state index contributed by atoms with van der Waals surface area (Å²) in [5.74, 6) is -0.228.